The van der Waals surface area contributed by atoms with Gasteiger partial charge in [0.05, 0.1) is 17.7 Å². The number of hydrogen-bond donors (Lipinski definition) is 2. The van der Waals surface area contributed by atoms with Crippen molar-refractivity contribution in [3.63, 3.8) is 0 Å². The molecular weight excluding hydrogens is 262 g/mol. The Hall–Kier alpha value is -2.08. The van der Waals surface area contributed by atoms with Crippen LogP contribution in [-0.4, -0.2) is 24.0 Å². The number of anilines is 1. The lowest BCUT2D eigenvalue weighted by atomic mass is 10.3. The van der Waals surface area contributed by atoms with Gasteiger partial charge in [-0.25, -0.2) is 4.98 Å². The van der Waals surface area contributed by atoms with E-state index in [-0.39, 0.29) is 5.91 Å². The molecule has 100 valence electrons. The fourth-order valence-electron chi connectivity index (χ4n) is 1.50. The third-order valence-electron chi connectivity index (χ3n) is 2.49. The predicted octanol–water partition coefficient (Wildman–Crippen LogP) is 1.84. The molecule has 0 aliphatic heterocycles. The van der Waals surface area contributed by atoms with Crippen molar-refractivity contribution in [1.82, 2.24) is 10.3 Å². The largest absolute Gasteiger partial charge is 0.492 e. The van der Waals surface area contributed by atoms with Crippen LogP contribution in [0.5, 0.6) is 5.75 Å². The Balaban J connectivity index is 1.74. The average Bonchev–Trinajstić information content (AvgIpc) is 2.83. The molecule has 6 heteroatoms. The average molecular weight is 277 g/mol. The van der Waals surface area contributed by atoms with E-state index in [1.165, 1.54) is 11.3 Å². The zero-order valence-electron chi connectivity index (χ0n) is 10.6. The lowest BCUT2D eigenvalue weighted by molar-refractivity contribution is 0.0950. The van der Waals surface area contributed by atoms with Gasteiger partial charge in [0.2, 0.25) is 0 Å². The molecule has 2 aromatic rings. The van der Waals surface area contributed by atoms with Crippen LogP contribution in [0.4, 0.5) is 5.69 Å². The van der Waals surface area contributed by atoms with Crippen LogP contribution in [-0.2, 0) is 0 Å². The van der Waals surface area contributed by atoms with E-state index >= 15 is 0 Å². The van der Waals surface area contributed by atoms with E-state index in [0.29, 0.717) is 23.7 Å². The third-order valence-corrected chi connectivity index (χ3v) is 3.42. The number of hydrogen-bond acceptors (Lipinski definition) is 5. The van der Waals surface area contributed by atoms with Crippen molar-refractivity contribution in [3.8, 4) is 5.75 Å². The summed E-state index contributed by atoms with van der Waals surface area (Å²) in [5, 5.41) is 2.79. The minimum Gasteiger partial charge on any atom is -0.492 e. The summed E-state index contributed by atoms with van der Waals surface area (Å²) in [5.74, 6) is 0.623. The quantitative estimate of drug-likeness (QED) is 0.646. The Morgan fingerprint density at radius 2 is 2.16 bits per heavy atom. The van der Waals surface area contributed by atoms with Crippen molar-refractivity contribution in [2.24, 2.45) is 0 Å². The van der Waals surface area contributed by atoms with Crippen molar-refractivity contribution >= 4 is 22.9 Å². The molecule has 0 unspecified atom stereocenters. The summed E-state index contributed by atoms with van der Waals surface area (Å²) >= 11 is 1.34. The lowest BCUT2D eigenvalue weighted by Gasteiger charge is -2.07. The molecule has 5 nitrogen and oxygen atoms in total. The molecule has 19 heavy (non-hydrogen) atoms. The van der Waals surface area contributed by atoms with Gasteiger partial charge in [0.15, 0.2) is 0 Å². The number of ether oxygens (including phenoxy) is 1. The number of carbonyl (C=O) groups is 1. The number of nitrogens with zero attached hydrogens (tertiary/aromatic N) is 1. The number of nitrogens with two attached hydrogens (primary N) is 1. The Kier molecular flexibility index (Phi) is 4.35. The number of aryl methyl sites for hydroxylation is 1. The molecule has 3 N–H and O–H groups in total. The first-order valence-electron chi connectivity index (χ1n) is 5.83. The van der Waals surface area contributed by atoms with E-state index in [9.17, 15) is 4.79 Å². The van der Waals surface area contributed by atoms with E-state index in [0.717, 1.165) is 11.4 Å². The Morgan fingerprint density at radius 1 is 1.42 bits per heavy atom. The van der Waals surface area contributed by atoms with Crippen LogP contribution in [0.15, 0.2) is 29.8 Å². The van der Waals surface area contributed by atoms with Gasteiger partial charge in [-0.15, -0.1) is 11.3 Å². The summed E-state index contributed by atoms with van der Waals surface area (Å²) in [6.07, 6.45) is 0. The van der Waals surface area contributed by atoms with Crippen LogP contribution in [0.2, 0.25) is 0 Å². The van der Waals surface area contributed by atoms with Crippen LogP contribution in [0.25, 0.3) is 0 Å². The van der Waals surface area contributed by atoms with Gasteiger partial charge in [0.25, 0.3) is 5.91 Å². The highest BCUT2D eigenvalue weighted by molar-refractivity contribution is 7.11. The predicted molar refractivity (Wildman–Crippen MR) is 75.5 cm³/mol. The summed E-state index contributed by atoms with van der Waals surface area (Å²) in [7, 11) is 0. The Morgan fingerprint density at radius 3 is 2.79 bits per heavy atom. The standard InChI is InChI=1S/C13H15N3O2S/c1-9-12(19-8-16-9)13(17)15-6-7-18-11-4-2-10(14)3-5-11/h2-5,8H,6-7,14H2,1H3,(H,15,17). The SMILES string of the molecule is Cc1ncsc1C(=O)NCCOc1ccc(N)cc1. The maximum absolute atomic E-state index is 11.8. The summed E-state index contributed by atoms with van der Waals surface area (Å²) in [6, 6.07) is 7.14. The molecule has 0 bridgehead atoms. The van der Waals surface area contributed by atoms with Gasteiger partial charge in [-0.3, -0.25) is 4.79 Å². The minimum atomic E-state index is -0.110. The van der Waals surface area contributed by atoms with Crippen molar-refractivity contribution in [2.45, 2.75) is 6.92 Å². The molecular formula is C13H15N3O2S. The van der Waals surface area contributed by atoms with E-state index in [4.69, 9.17) is 10.5 Å². The van der Waals surface area contributed by atoms with Crippen molar-refractivity contribution in [2.75, 3.05) is 18.9 Å². The maximum Gasteiger partial charge on any atom is 0.263 e. The number of nitrogen functional groups attached to an aromatic ring is 1. The second kappa shape index (κ2) is 6.19. The first-order valence-corrected chi connectivity index (χ1v) is 6.71. The first kappa shape index (κ1) is 13.4. The van der Waals surface area contributed by atoms with E-state index < -0.39 is 0 Å². The molecule has 0 atom stereocenters. The second-order valence-electron chi connectivity index (χ2n) is 3.94. The summed E-state index contributed by atoms with van der Waals surface area (Å²) < 4.78 is 5.48. The number of benzene rings is 1. The topological polar surface area (TPSA) is 77.2 Å². The molecule has 1 amide bonds. The number of thiazole rings is 1. The Bertz CT molecular complexity index is 551. The molecule has 0 radical (unpaired) electrons. The van der Waals surface area contributed by atoms with E-state index in [1.807, 2.05) is 6.92 Å². The molecule has 0 saturated heterocycles. The van der Waals surface area contributed by atoms with Gasteiger partial charge in [-0.2, -0.15) is 0 Å². The van der Waals surface area contributed by atoms with Crippen molar-refractivity contribution in [1.29, 1.82) is 0 Å². The number of amides is 1. The summed E-state index contributed by atoms with van der Waals surface area (Å²) in [4.78, 5) is 16.5. The molecule has 1 aromatic heterocycles. The summed E-state index contributed by atoms with van der Waals surface area (Å²) in [6.45, 7) is 2.67. The molecule has 1 heterocycles. The molecule has 2 rings (SSSR count). The molecule has 0 aliphatic carbocycles. The van der Waals surface area contributed by atoms with Crippen LogP contribution in [0.3, 0.4) is 0 Å². The molecule has 0 saturated carbocycles. The maximum atomic E-state index is 11.8. The fourth-order valence-corrected chi connectivity index (χ4v) is 2.22. The van der Waals surface area contributed by atoms with Crippen molar-refractivity contribution < 1.29 is 9.53 Å². The molecule has 1 aromatic carbocycles. The number of carbonyl (C=O) groups excluding carboxylic acids is 1. The highest BCUT2D eigenvalue weighted by atomic mass is 32.1. The lowest BCUT2D eigenvalue weighted by Crippen LogP contribution is -2.27. The highest BCUT2D eigenvalue weighted by Gasteiger charge is 2.10. The number of aromatic nitrogens is 1. The fraction of sp³-hybridized carbons (Fsp3) is 0.231. The van der Waals surface area contributed by atoms with E-state index in [1.54, 1.807) is 29.8 Å². The van der Waals surface area contributed by atoms with Gasteiger partial charge in [-0.1, -0.05) is 0 Å². The van der Waals surface area contributed by atoms with Gasteiger partial charge in [0, 0.05) is 5.69 Å². The third kappa shape index (κ3) is 3.69. The van der Waals surface area contributed by atoms with Crippen LogP contribution >= 0.6 is 11.3 Å². The highest BCUT2D eigenvalue weighted by Crippen LogP contribution is 2.13. The Labute approximate surface area is 115 Å². The number of nitrogens with one attached hydrogen (secondary N) is 1. The zero-order valence-corrected chi connectivity index (χ0v) is 11.4. The molecule has 0 fully saturated rings. The van der Waals surface area contributed by atoms with Gasteiger partial charge < -0.3 is 15.8 Å². The number of rotatable bonds is 5. The molecule has 0 aliphatic rings. The zero-order chi connectivity index (χ0) is 13.7. The van der Waals surface area contributed by atoms with Gasteiger partial charge in [-0.05, 0) is 31.2 Å². The van der Waals surface area contributed by atoms with Gasteiger partial charge in [0.1, 0.15) is 17.2 Å². The van der Waals surface area contributed by atoms with Crippen LogP contribution in [0, 0.1) is 6.92 Å². The minimum absolute atomic E-state index is 0.110. The van der Waals surface area contributed by atoms with Crippen molar-refractivity contribution in [3.05, 3.63) is 40.3 Å². The normalized spacial score (nSPS) is 10.2. The van der Waals surface area contributed by atoms with Gasteiger partial charge >= 0.3 is 0 Å². The first-order chi connectivity index (χ1) is 9.16. The monoisotopic (exact) mass is 277 g/mol. The van der Waals surface area contributed by atoms with Crippen LogP contribution < -0.4 is 15.8 Å². The molecule has 0 spiro atoms. The summed E-state index contributed by atoms with van der Waals surface area (Å²) in [5.41, 5.74) is 8.68. The van der Waals surface area contributed by atoms with Crippen LogP contribution in [0.1, 0.15) is 15.4 Å². The smallest absolute Gasteiger partial charge is 0.263 e. The van der Waals surface area contributed by atoms with E-state index in [2.05, 4.69) is 10.3 Å². The second-order valence-corrected chi connectivity index (χ2v) is 4.80.